The number of hydrogen-bond acceptors (Lipinski definition) is 5. The lowest BCUT2D eigenvalue weighted by Gasteiger charge is -2.11. The number of thiophene rings is 2. The molecular formula is C53H31N3S2. The van der Waals surface area contributed by atoms with Crippen molar-refractivity contribution < 1.29 is 0 Å². The summed E-state index contributed by atoms with van der Waals surface area (Å²) >= 11 is 3.70. The van der Waals surface area contributed by atoms with Crippen molar-refractivity contribution in [1.29, 1.82) is 0 Å². The molecule has 5 heteroatoms. The van der Waals surface area contributed by atoms with Crippen LogP contribution in [-0.2, 0) is 0 Å². The molecule has 0 atom stereocenters. The first-order valence-corrected chi connectivity index (χ1v) is 21.1. The van der Waals surface area contributed by atoms with E-state index in [1.54, 1.807) is 0 Å². The third kappa shape index (κ3) is 5.28. The zero-order chi connectivity index (χ0) is 38.2. The Bertz CT molecular complexity index is 3550. The van der Waals surface area contributed by atoms with Gasteiger partial charge < -0.3 is 0 Å². The summed E-state index contributed by atoms with van der Waals surface area (Å²) in [6.45, 7) is 0. The van der Waals surface area contributed by atoms with E-state index in [0.29, 0.717) is 0 Å². The number of rotatable bonds is 5. The standard InChI is InChI=1S/C53H31N3S2/c1-3-13-33(14-4-1)44-31-45(56-53(55-44)42-21-12-24-47-48(42)40-18-8-10-23-46(40)57-47)34-27-25-32(26-28-34)36-19-11-20-37-38-29-30-41-49(52(38)58-51(36)37)39-17-7-9-22-43(39)54-50(41)35-15-5-2-6-16-35/h1-31H. The Hall–Kier alpha value is -7.05. The van der Waals surface area contributed by atoms with Gasteiger partial charge >= 0.3 is 0 Å². The fraction of sp³-hybridized carbons (Fsp3) is 0. The summed E-state index contributed by atoms with van der Waals surface area (Å²) in [6.07, 6.45) is 0. The average molecular weight is 774 g/mol. The number of benzene rings is 8. The summed E-state index contributed by atoms with van der Waals surface area (Å²) in [5, 5.41) is 8.62. The highest BCUT2D eigenvalue weighted by Gasteiger charge is 2.19. The fourth-order valence-corrected chi connectivity index (χ4v) is 11.1. The quantitative estimate of drug-likeness (QED) is 0.164. The minimum atomic E-state index is 0.731. The molecule has 8 aromatic carbocycles. The average Bonchev–Trinajstić information content (AvgIpc) is 3.88. The first-order chi connectivity index (χ1) is 28.7. The SMILES string of the molecule is c1ccc(-c2cc(-c3ccc(-c4cccc5c4sc4c5ccc5c(-c6ccccc6)nc6ccccc6c54)cc3)nc(-c3cccc4sc5ccccc5c34)n2)cc1. The lowest BCUT2D eigenvalue weighted by Crippen LogP contribution is -1.96. The molecule has 270 valence electrons. The van der Waals surface area contributed by atoms with E-state index in [2.05, 4.69) is 182 Å². The number of nitrogens with zero attached hydrogens (tertiary/aromatic N) is 3. The monoisotopic (exact) mass is 773 g/mol. The van der Waals surface area contributed by atoms with Crippen LogP contribution in [0.3, 0.4) is 0 Å². The molecule has 12 rings (SSSR count). The number of hydrogen-bond donors (Lipinski definition) is 0. The van der Waals surface area contributed by atoms with Crippen LogP contribution >= 0.6 is 22.7 Å². The Labute approximate surface area is 342 Å². The van der Waals surface area contributed by atoms with Crippen molar-refractivity contribution in [2.45, 2.75) is 0 Å². The Kier molecular flexibility index (Phi) is 7.58. The second-order valence-corrected chi connectivity index (χ2v) is 16.8. The van der Waals surface area contributed by atoms with Crippen molar-refractivity contribution in [3.8, 4) is 56.3 Å². The van der Waals surface area contributed by atoms with Gasteiger partial charge in [-0.2, -0.15) is 0 Å². The van der Waals surface area contributed by atoms with E-state index in [1.165, 1.54) is 67.6 Å². The molecule has 4 aromatic heterocycles. The van der Waals surface area contributed by atoms with E-state index in [4.69, 9.17) is 15.0 Å². The van der Waals surface area contributed by atoms with Crippen LogP contribution in [0.4, 0.5) is 0 Å². The number of pyridine rings is 1. The van der Waals surface area contributed by atoms with E-state index in [1.807, 2.05) is 28.7 Å². The first kappa shape index (κ1) is 33.1. The highest BCUT2D eigenvalue weighted by Crippen LogP contribution is 2.46. The Morgan fingerprint density at radius 2 is 0.914 bits per heavy atom. The number of aromatic nitrogens is 3. The minimum absolute atomic E-state index is 0.731. The van der Waals surface area contributed by atoms with E-state index >= 15 is 0 Å². The Morgan fingerprint density at radius 1 is 0.328 bits per heavy atom. The minimum Gasteiger partial charge on any atom is -0.247 e. The zero-order valence-corrected chi connectivity index (χ0v) is 32.7. The molecule has 0 aliphatic carbocycles. The van der Waals surface area contributed by atoms with Crippen LogP contribution in [0.25, 0.3) is 118 Å². The molecule has 0 spiro atoms. The van der Waals surface area contributed by atoms with E-state index in [-0.39, 0.29) is 0 Å². The van der Waals surface area contributed by atoms with Crippen LogP contribution in [0, 0.1) is 0 Å². The van der Waals surface area contributed by atoms with Gasteiger partial charge in [0.1, 0.15) is 0 Å². The van der Waals surface area contributed by atoms with Gasteiger partial charge in [0.2, 0.25) is 0 Å². The molecule has 3 nitrogen and oxygen atoms in total. The molecule has 0 radical (unpaired) electrons. The van der Waals surface area contributed by atoms with E-state index in [9.17, 15) is 0 Å². The molecule has 0 bridgehead atoms. The third-order valence-electron chi connectivity index (χ3n) is 11.3. The van der Waals surface area contributed by atoms with Gasteiger partial charge in [-0.25, -0.2) is 15.0 Å². The van der Waals surface area contributed by atoms with Gasteiger partial charge in [0.25, 0.3) is 0 Å². The lowest BCUT2D eigenvalue weighted by atomic mass is 9.97. The van der Waals surface area contributed by atoms with Gasteiger partial charge in [-0.15, -0.1) is 22.7 Å². The summed E-state index contributed by atoms with van der Waals surface area (Å²) < 4.78 is 5.08. The molecule has 0 amide bonds. The predicted octanol–water partition coefficient (Wildman–Crippen LogP) is 15.2. The topological polar surface area (TPSA) is 38.7 Å². The van der Waals surface area contributed by atoms with Crippen molar-refractivity contribution in [2.24, 2.45) is 0 Å². The lowest BCUT2D eigenvalue weighted by molar-refractivity contribution is 1.19. The second-order valence-electron chi connectivity index (χ2n) is 14.7. The number of fused-ring (bicyclic) bond motifs is 10. The van der Waals surface area contributed by atoms with Crippen molar-refractivity contribution in [1.82, 2.24) is 15.0 Å². The molecule has 0 fully saturated rings. The molecule has 12 aromatic rings. The summed E-state index contributed by atoms with van der Waals surface area (Å²) in [7, 11) is 0. The van der Waals surface area contributed by atoms with Crippen LogP contribution < -0.4 is 0 Å². The smallest absolute Gasteiger partial charge is 0.161 e. The van der Waals surface area contributed by atoms with Crippen LogP contribution in [0.1, 0.15) is 0 Å². The first-order valence-electron chi connectivity index (χ1n) is 19.4. The molecule has 0 saturated heterocycles. The van der Waals surface area contributed by atoms with Crippen molar-refractivity contribution in [3.05, 3.63) is 188 Å². The third-order valence-corrected chi connectivity index (χ3v) is 13.7. The van der Waals surface area contributed by atoms with Crippen LogP contribution in [0.15, 0.2) is 188 Å². The second kappa shape index (κ2) is 13.3. The maximum atomic E-state index is 5.29. The van der Waals surface area contributed by atoms with Gasteiger partial charge in [0, 0.05) is 78.8 Å². The van der Waals surface area contributed by atoms with E-state index < -0.39 is 0 Å². The Morgan fingerprint density at radius 3 is 1.72 bits per heavy atom. The summed E-state index contributed by atoms with van der Waals surface area (Å²) in [6, 6.07) is 67.0. The van der Waals surface area contributed by atoms with Gasteiger partial charge in [-0.1, -0.05) is 164 Å². The maximum Gasteiger partial charge on any atom is 0.161 e. The van der Waals surface area contributed by atoms with Crippen molar-refractivity contribution in [3.63, 3.8) is 0 Å². The van der Waals surface area contributed by atoms with Gasteiger partial charge in [0.15, 0.2) is 5.82 Å². The van der Waals surface area contributed by atoms with Crippen molar-refractivity contribution in [2.75, 3.05) is 0 Å². The van der Waals surface area contributed by atoms with Crippen LogP contribution in [0.2, 0.25) is 0 Å². The molecule has 0 unspecified atom stereocenters. The molecule has 0 aliphatic heterocycles. The van der Waals surface area contributed by atoms with Crippen molar-refractivity contribution >= 4 is 84.7 Å². The summed E-state index contributed by atoms with van der Waals surface area (Å²) in [4.78, 5) is 15.7. The highest BCUT2D eigenvalue weighted by atomic mass is 32.1. The predicted molar refractivity (Wildman–Crippen MR) is 248 cm³/mol. The van der Waals surface area contributed by atoms with Gasteiger partial charge in [0.05, 0.1) is 22.6 Å². The molecule has 0 saturated carbocycles. The molecular weight excluding hydrogens is 743 g/mol. The molecule has 4 heterocycles. The largest absolute Gasteiger partial charge is 0.247 e. The Balaban J connectivity index is 1.01. The normalized spacial score (nSPS) is 11.8. The highest BCUT2D eigenvalue weighted by molar-refractivity contribution is 7.27. The van der Waals surface area contributed by atoms with E-state index in [0.717, 1.165) is 50.7 Å². The molecule has 0 aliphatic rings. The van der Waals surface area contributed by atoms with Gasteiger partial charge in [-0.3, -0.25) is 0 Å². The van der Waals surface area contributed by atoms with Gasteiger partial charge in [-0.05, 0) is 35.4 Å². The fourth-order valence-electron chi connectivity index (χ4n) is 8.59. The molecule has 58 heavy (non-hydrogen) atoms. The van der Waals surface area contributed by atoms with Crippen LogP contribution in [0.5, 0.6) is 0 Å². The summed E-state index contributed by atoms with van der Waals surface area (Å²) in [5.41, 5.74) is 10.5. The maximum absolute atomic E-state index is 5.29. The zero-order valence-electron chi connectivity index (χ0n) is 31.1. The number of para-hydroxylation sites is 1. The van der Waals surface area contributed by atoms with Crippen LogP contribution in [-0.4, -0.2) is 15.0 Å². The molecule has 0 N–H and O–H groups in total. The summed E-state index contributed by atoms with van der Waals surface area (Å²) in [5.74, 6) is 0.731.